The molecule has 0 amide bonds. The molecule has 0 unspecified atom stereocenters. The molecule has 2 rings (SSSR count). The second kappa shape index (κ2) is 4.89. The fraction of sp³-hybridized carbons (Fsp3) is 0.167. The number of halogens is 2. The summed E-state index contributed by atoms with van der Waals surface area (Å²) in [6, 6.07) is 4.27. The Hall–Kier alpha value is -2.08. The van der Waals surface area contributed by atoms with Crippen molar-refractivity contribution in [3.05, 3.63) is 34.7 Å². The second-order valence-corrected chi connectivity index (χ2v) is 4.19. The highest BCUT2D eigenvalue weighted by Crippen LogP contribution is 2.35. The van der Waals surface area contributed by atoms with Crippen LogP contribution < -0.4 is 4.74 Å². The van der Waals surface area contributed by atoms with Crippen LogP contribution in [0.1, 0.15) is 10.5 Å². The third-order valence-electron chi connectivity index (χ3n) is 2.63. The van der Waals surface area contributed by atoms with E-state index >= 15 is 0 Å². The van der Waals surface area contributed by atoms with Gasteiger partial charge in [0, 0.05) is 12.6 Å². The average molecular weight is 285 g/mol. The number of hydrogen-bond donors (Lipinski definition) is 1. The van der Waals surface area contributed by atoms with Gasteiger partial charge < -0.3 is 9.84 Å². The van der Waals surface area contributed by atoms with Gasteiger partial charge in [0.25, 0.3) is 0 Å². The van der Waals surface area contributed by atoms with Crippen LogP contribution in [0.3, 0.4) is 0 Å². The molecular weight excluding hydrogens is 275 g/mol. The van der Waals surface area contributed by atoms with Crippen molar-refractivity contribution in [2.45, 2.75) is 0 Å². The third kappa shape index (κ3) is 2.26. The van der Waals surface area contributed by atoms with Crippen LogP contribution in [-0.4, -0.2) is 28.0 Å². The SMILES string of the molecule is COc1c(-c2cc(C(=O)O)nn2C)ccc(Cl)c1F. The van der Waals surface area contributed by atoms with Crippen molar-refractivity contribution in [3.8, 4) is 17.0 Å². The predicted octanol–water partition coefficient (Wildman–Crippen LogP) is 2.59. The Labute approximate surface area is 113 Å². The number of methoxy groups -OCH3 is 1. The maximum absolute atomic E-state index is 13.8. The summed E-state index contributed by atoms with van der Waals surface area (Å²) in [7, 11) is 2.88. The minimum Gasteiger partial charge on any atom is -0.493 e. The minimum atomic E-state index is -1.16. The number of aryl methyl sites for hydroxylation is 1. The van der Waals surface area contributed by atoms with Gasteiger partial charge >= 0.3 is 5.97 Å². The number of carbonyl (C=O) groups is 1. The summed E-state index contributed by atoms with van der Waals surface area (Å²) in [5.41, 5.74) is 0.673. The molecule has 0 fully saturated rings. The molecule has 1 N–H and O–H groups in total. The maximum atomic E-state index is 13.8. The first-order valence-corrected chi connectivity index (χ1v) is 5.63. The van der Waals surface area contributed by atoms with Gasteiger partial charge in [-0.1, -0.05) is 11.6 Å². The van der Waals surface area contributed by atoms with E-state index in [4.69, 9.17) is 21.4 Å². The van der Waals surface area contributed by atoms with Gasteiger partial charge in [-0.15, -0.1) is 0 Å². The topological polar surface area (TPSA) is 64.3 Å². The van der Waals surface area contributed by atoms with E-state index in [0.29, 0.717) is 11.3 Å². The van der Waals surface area contributed by atoms with Crippen LogP contribution in [0.4, 0.5) is 4.39 Å². The lowest BCUT2D eigenvalue weighted by Gasteiger charge is -2.10. The van der Waals surface area contributed by atoms with E-state index in [2.05, 4.69) is 5.10 Å². The Kier molecular flexibility index (Phi) is 3.44. The molecule has 19 heavy (non-hydrogen) atoms. The van der Waals surface area contributed by atoms with Gasteiger partial charge in [-0.05, 0) is 18.2 Å². The van der Waals surface area contributed by atoms with Gasteiger partial charge in [0.15, 0.2) is 17.3 Å². The van der Waals surface area contributed by atoms with Crippen LogP contribution in [0.2, 0.25) is 5.02 Å². The Morgan fingerprint density at radius 2 is 2.21 bits per heavy atom. The standard InChI is InChI=1S/C12H10ClFN2O3/c1-16-9(5-8(15-16)12(17)18)6-3-4-7(13)10(14)11(6)19-2/h3-5H,1-2H3,(H,17,18). The van der Waals surface area contributed by atoms with Crippen molar-refractivity contribution in [2.75, 3.05) is 7.11 Å². The first kappa shape index (κ1) is 13.4. The van der Waals surface area contributed by atoms with Crippen molar-refractivity contribution in [1.29, 1.82) is 0 Å². The van der Waals surface area contributed by atoms with E-state index in [-0.39, 0.29) is 16.5 Å². The molecule has 1 aromatic carbocycles. The average Bonchev–Trinajstić information content (AvgIpc) is 2.75. The fourth-order valence-electron chi connectivity index (χ4n) is 1.76. The highest BCUT2D eigenvalue weighted by atomic mass is 35.5. The highest BCUT2D eigenvalue weighted by Gasteiger charge is 2.19. The number of benzene rings is 1. The molecule has 2 aromatic rings. The van der Waals surface area contributed by atoms with Crippen LogP contribution in [0.25, 0.3) is 11.3 Å². The summed E-state index contributed by atoms with van der Waals surface area (Å²) in [6.07, 6.45) is 0. The lowest BCUT2D eigenvalue weighted by Crippen LogP contribution is -2.00. The summed E-state index contributed by atoms with van der Waals surface area (Å²) in [5, 5.41) is 12.6. The Morgan fingerprint density at radius 3 is 2.74 bits per heavy atom. The quantitative estimate of drug-likeness (QED) is 0.941. The summed E-state index contributed by atoms with van der Waals surface area (Å²) in [4.78, 5) is 10.9. The number of hydrogen-bond acceptors (Lipinski definition) is 3. The normalized spacial score (nSPS) is 10.5. The Balaban J connectivity index is 2.65. The van der Waals surface area contributed by atoms with Gasteiger partial charge in [-0.3, -0.25) is 4.68 Å². The molecule has 0 bridgehead atoms. The fourth-order valence-corrected chi connectivity index (χ4v) is 1.91. The molecule has 100 valence electrons. The molecule has 0 aliphatic rings. The van der Waals surface area contributed by atoms with Gasteiger partial charge in [0.1, 0.15) is 0 Å². The first-order chi connectivity index (χ1) is 8.95. The summed E-state index contributed by atoms with van der Waals surface area (Å²) < 4.78 is 20.2. The van der Waals surface area contributed by atoms with Crippen molar-refractivity contribution < 1.29 is 19.0 Å². The zero-order valence-corrected chi connectivity index (χ0v) is 10.9. The molecule has 0 saturated carbocycles. The van der Waals surface area contributed by atoms with Gasteiger partial charge in [0.2, 0.25) is 0 Å². The van der Waals surface area contributed by atoms with Crippen LogP contribution in [0.15, 0.2) is 18.2 Å². The van der Waals surface area contributed by atoms with Crippen molar-refractivity contribution in [1.82, 2.24) is 9.78 Å². The zero-order chi connectivity index (χ0) is 14.2. The molecule has 0 spiro atoms. The monoisotopic (exact) mass is 284 g/mol. The molecular formula is C12H10ClFN2O3. The molecule has 0 aliphatic heterocycles. The zero-order valence-electron chi connectivity index (χ0n) is 10.1. The first-order valence-electron chi connectivity index (χ1n) is 5.25. The third-order valence-corrected chi connectivity index (χ3v) is 2.92. The van der Waals surface area contributed by atoms with Crippen LogP contribution in [-0.2, 0) is 7.05 Å². The van der Waals surface area contributed by atoms with Crippen LogP contribution in [0, 0.1) is 5.82 Å². The van der Waals surface area contributed by atoms with E-state index < -0.39 is 11.8 Å². The lowest BCUT2D eigenvalue weighted by molar-refractivity contribution is 0.0689. The number of ether oxygens (including phenoxy) is 1. The summed E-state index contributed by atoms with van der Waals surface area (Å²) in [5.74, 6) is -1.90. The van der Waals surface area contributed by atoms with Gasteiger partial charge in [-0.25, -0.2) is 9.18 Å². The van der Waals surface area contributed by atoms with Crippen molar-refractivity contribution in [2.24, 2.45) is 7.05 Å². The lowest BCUT2D eigenvalue weighted by atomic mass is 10.1. The molecule has 5 nitrogen and oxygen atoms in total. The number of carboxylic acids is 1. The van der Waals surface area contributed by atoms with E-state index in [0.717, 1.165) is 0 Å². The van der Waals surface area contributed by atoms with Gasteiger partial charge in [-0.2, -0.15) is 5.10 Å². The summed E-state index contributed by atoms with van der Waals surface area (Å²) in [6.45, 7) is 0. The molecule has 0 aliphatic carbocycles. The molecule has 7 heteroatoms. The van der Waals surface area contributed by atoms with E-state index in [9.17, 15) is 9.18 Å². The Bertz CT molecular complexity index is 655. The maximum Gasteiger partial charge on any atom is 0.356 e. The van der Waals surface area contributed by atoms with Crippen LogP contribution in [0.5, 0.6) is 5.75 Å². The molecule has 1 heterocycles. The molecule has 0 atom stereocenters. The molecule has 0 radical (unpaired) electrons. The van der Waals surface area contributed by atoms with Gasteiger partial charge in [0.05, 0.1) is 17.8 Å². The van der Waals surface area contributed by atoms with E-state index in [1.54, 1.807) is 13.1 Å². The number of rotatable bonds is 3. The minimum absolute atomic E-state index is 0.0487. The second-order valence-electron chi connectivity index (χ2n) is 3.79. The van der Waals surface area contributed by atoms with E-state index in [1.165, 1.54) is 23.9 Å². The number of aromatic nitrogens is 2. The highest BCUT2D eigenvalue weighted by molar-refractivity contribution is 6.31. The number of aromatic carboxylic acids is 1. The predicted molar refractivity (Wildman–Crippen MR) is 67.1 cm³/mol. The van der Waals surface area contributed by atoms with Crippen LogP contribution >= 0.6 is 11.6 Å². The van der Waals surface area contributed by atoms with Crippen molar-refractivity contribution in [3.63, 3.8) is 0 Å². The van der Waals surface area contributed by atoms with Crippen molar-refractivity contribution >= 4 is 17.6 Å². The molecule has 0 saturated heterocycles. The number of carboxylic acid groups (broad SMARTS) is 1. The smallest absolute Gasteiger partial charge is 0.356 e. The molecule has 1 aromatic heterocycles. The largest absolute Gasteiger partial charge is 0.493 e. The summed E-state index contributed by atoms with van der Waals surface area (Å²) >= 11 is 5.68. The van der Waals surface area contributed by atoms with E-state index in [1.807, 2.05) is 0 Å². The Morgan fingerprint density at radius 1 is 1.53 bits per heavy atom. The number of nitrogens with zero attached hydrogens (tertiary/aromatic N) is 2.